The first-order valence-corrected chi connectivity index (χ1v) is 8.72. The fourth-order valence-electron chi connectivity index (χ4n) is 2.78. The van der Waals surface area contributed by atoms with Crippen LogP contribution in [0.3, 0.4) is 0 Å². The molecule has 0 aromatic heterocycles. The SMILES string of the molecule is O=C(NCC(O)c1cc(Cl)cc(Cl)c1)C1(c2ccc(Cl)cc2)CC1. The van der Waals surface area contributed by atoms with E-state index >= 15 is 0 Å². The minimum Gasteiger partial charge on any atom is -0.387 e. The van der Waals surface area contributed by atoms with E-state index in [4.69, 9.17) is 34.8 Å². The number of aliphatic hydroxyl groups is 1. The van der Waals surface area contributed by atoms with Crippen molar-refractivity contribution in [2.24, 2.45) is 0 Å². The normalized spacial score (nSPS) is 16.5. The van der Waals surface area contributed by atoms with Gasteiger partial charge in [0.25, 0.3) is 0 Å². The molecule has 0 spiro atoms. The molecule has 0 bridgehead atoms. The van der Waals surface area contributed by atoms with Gasteiger partial charge in [0.05, 0.1) is 11.5 Å². The zero-order chi connectivity index (χ0) is 17.3. The number of hydrogen-bond acceptors (Lipinski definition) is 2. The highest BCUT2D eigenvalue weighted by molar-refractivity contribution is 6.34. The second kappa shape index (κ2) is 6.93. The van der Waals surface area contributed by atoms with E-state index in [-0.39, 0.29) is 12.5 Å². The van der Waals surface area contributed by atoms with Gasteiger partial charge >= 0.3 is 0 Å². The zero-order valence-electron chi connectivity index (χ0n) is 12.7. The van der Waals surface area contributed by atoms with Crippen LogP contribution in [-0.4, -0.2) is 17.6 Å². The summed E-state index contributed by atoms with van der Waals surface area (Å²) in [6, 6.07) is 12.2. The molecule has 2 aromatic carbocycles. The summed E-state index contributed by atoms with van der Waals surface area (Å²) in [5, 5.41) is 14.6. The Bertz CT molecular complexity index is 737. The van der Waals surface area contributed by atoms with Gasteiger partial charge in [-0.3, -0.25) is 4.79 Å². The maximum atomic E-state index is 12.6. The van der Waals surface area contributed by atoms with Crippen LogP contribution in [0.2, 0.25) is 15.1 Å². The molecule has 3 nitrogen and oxygen atoms in total. The Hall–Kier alpha value is -1.26. The van der Waals surface area contributed by atoms with Gasteiger partial charge in [0.15, 0.2) is 0 Å². The number of rotatable bonds is 5. The molecule has 6 heteroatoms. The third-order valence-corrected chi connectivity index (χ3v) is 5.00. The number of nitrogens with one attached hydrogen (secondary N) is 1. The van der Waals surface area contributed by atoms with Gasteiger partial charge in [-0.05, 0) is 54.3 Å². The van der Waals surface area contributed by atoms with Gasteiger partial charge in [0.2, 0.25) is 5.91 Å². The van der Waals surface area contributed by atoms with Crippen molar-refractivity contribution in [3.05, 3.63) is 68.7 Å². The predicted molar refractivity (Wildman–Crippen MR) is 96.8 cm³/mol. The van der Waals surface area contributed by atoms with E-state index in [2.05, 4.69) is 5.32 Å². The average molecular weight is 385 g/mol. The summed E-state index contributed by atoms with van der Waals surface area (Å²) in [5.74, 6) is -0.0861. The van der Waals surface area contributed by atoms with Gasteiger partial charge in [-0.2, -0.15) is 0 Å². The first-order valence-electron chi connectivity index (χ1n) is 7.59. The van der Waals surface area contributed by atoms with E-state index in [1.807, 2.05) is 12.1 Å². The molecular formula is C18H16Cl3NO2. The van der Waals surface area contributed by atoms with Crippen LogP contribution in [0.15, 0.2) is 42.5 Å². The van der Waals surface area contributed by atoms with Crippen LogP contribution in [0.1, 0.15) is 30.1 Å². The van der Waals surface area contributed by atoms with Crippen molar-refractivity contribution < 1.29 is 9.90 Å². The summed E-state index contributed by atoms with van der Waals surface area (Å²) in [4.78, 5) is 12.6. The molecule has 3 rings (SSSR count). The number of halogens is 3. The summed E-state index contributed by atoms with van der Waals surface area (Å²) in [5.41, 5.74) is 1.02. The Morgan fingerprint density at radius 1 is 1.04 bits per heavy atom. The molecule has 1 fully saturated rings. The molecule has 1 saturated carbocycles. The van der Waals surface area contributed by atoms with Gasteiger partial charge < -0.3 is 10.4 Å². The predicted octanol–water partition coefficient (Wildman–Crippen LogP) is 4.53. The van der Waals surface area contributed by atoms with Crippen LogP contribution < -0.4 is 5.32 Å². The Labute approximate surface area is 155 Å². The summed E-state index contributed by atoms with van der Waals surface area (Å²) in [6.45, 7) is 0.102. The summed E-state index contributed by atoms with van der Waals surface area (Å²) >= 11 is 17.8. The number of benzene rings is 2. The molecule has 0 radical (unpaired) electrons. The summed E-state index contributed by atoms with van der Waals surface area (Å²) in [7, 11) is 0. The van der Waals surface area contributed by atoms with E-state index in [9.17, 15) is 9.90 Å². The van der Waals surface area contributed by atoms with Crippen LogP contribution in [0.4, 0.5) is 0 Å². The second-order valence-corrected chi connectivity index (χ2v) is 7.33. The fourth-order valence-corrected chi connectivity index (χ4v) is 3.45. The molecule has 1 unspecified atom stereocenters. The number of hydrogen-bond donors (Lipinski definition) is 2. The lowest BCUT2D eigenvalue weighted by Gasteiger charge is -2.18. The van der Waals surface area contributed by atoms with E-state index in [0.717, 1.165) is 18.4 Å². The number of amides is 1. The van der Waals surface area contributed by atoms with Crippen molar-refractivity contribution in [2.75, 3.05) is 6.54 Å². The van der Waals surface area contributed by atoms with Crippen LogP contribution >= 0.6 is 34.8 Å². The molecule has 2 N–H and O–H groups in total. The second-order valence-electron chi connectivity index (χ2n) is 6.02. The van der Waals surface area contributed by atoms with E-state index in [1.54, 1.807) is 30.3 Å². The Balaban J connectivity index is 1.66. The highest BCUT2D eigenvalue weighted by Gasteiger charge is 2.51. The number of carbonyl (C=O) groups is 1. The molecule has 0 aliphatic heterocycles. The average Bonchev–Trinajstić information content (AvgIpc) is 3.34. The van der Waals surface area contributed by atoms with E-state index in [1.165, 1.54) is 0 Å². The lowest BCUT2D eigenvalue weighted by atomic mass is 9.95. The standard InChI is InChI=1S/C18H16Cl3NO2/c19-13-3-1-12(2-4-13)18(5-6-18)17(24)22-10-16(23)11-7-14(20)9-15(21)8-11/h1-4,7-9,16,23H,5-6,10H2,(H,22,24). The van der Waals surface area contributed by atoms with Crippen LogP contribution in [-0.2, 0) is 10.2 Å². The third kappa shape index (κ3) is 3.70. The van der Waals surface area contributed by atoms with Crippen molar-refractivity contribution >= 4 is 40.7 Å². The van der Waals surface area contributed by atoms with Gasteiger partial charge in [0.1, 0.15) is 0 Å². The molecule has 1 amide bonds. The Kier molecular flexibility index (Phi) is 5.07. The zero-order valence-corrected chi connectivity index (χ0v) is 15.0. The quantitative estimate of drug-likeness (QED) is 0.796. The minimum atomic E-state index is -0.869. The molecular weight excluding hydrogens is 369 g/mol. The van der Waals surface area contributed by atoms with Crippen molar-refractivity contribution in [1.29, 1.82) is 0 Å². The molecule has 1 atom stereocenters. The molecule has 2 aromatic rings. The molecule has 126 valence electrons. The largest absolute Gasteiger partial charge is 0.387 e. The first-order chi connectivity index (χ1) is 11.4. The highest BCUT2D eigenvalue weighted by atomic mass is 35.5. The van der Waals surface area contributed by atoms with Crippen molar-refractivity contribution in [3.63, 3.8) is 0 Å². The van der Waals surface area contributed by atoms with Gasteiger partial charge in [-0.1, -0.05) is 46.9 Å². The lowest BCUT2D eigenvalue weighted by molar-refractivity contribution is -0.124. The van der Waals surface area contributed by atoms with Crippen LogP contribution in [0.5, 0.6) is 0 Å². The number of carbonyl (C=O) groups excluding carboxylic acids is 1. The summed E-state index contributed by atoms with van der Waals surface area (Å²) < 4.78 is 0. The third-order valence-electron chi connectivity index (χ3n) is 4.31. The molecule has 24 heavy (non-hydrogen) atoms. The highest BCUT2D eigenvalue weighted by Crippen LogP contribution is 2.48. The van der Waals surface area contributed by atoms with Crippen molar-refractivity contribution in [3.8, 4) is 0 Å². The maximum absolute atomic E-state index is 12.6. The van der Waals surface area contributed by atoms with E-state index in [0.29, 0.717) is 20.6 Å². The summed E-state index contributed by atoms with van der Waals surface area (Å²) in [6.07, 6.45) is 0.713. The van der Waals surface area contributed by atoms with Gasteiger partial charge in [0, 0.05) is 21.6 Å². The first kappa shape index (κ1) is 17.6. The maximum Gasteiger partial charge on any atom is 0.230 e. The smallest absolute Gasteiger partial charge is 0.230 e. The van der Waals surface area contributed by atoms with Gasteiger partial charge in [-0.25, -0.2) is 0 Å². The van der Waals surface area contributed by atoms with Crippen LogP contribution in [0, 0.1) is 0 Å². The Morgan fingerprint density at radius 3 is 2.17 bits per heavy atom. The molecule has 1 aliphatic rings. The van der Waals surface area contributed by atoms with Gasteiger partial charge in [-0.15, -0.1) is 0 Å². The number of aliphatic hydroxyl groups excluding tert-OH is 1. The molecule has 0 saturated heterocycles. The van der Waals surface area contributed by atoms with E-state index < -0.39 is 11.5 Å². The topological polar surface area (TPSA) is 49.3 Å². The fraction of sp³-hybridized carbons (Fsp3) is 0.278. The van der Waals surface area contributed by atoms with Crippen molar-refractivity contribution in [1.82, 2.24) is 5.32 Å². The van der Waals surface area contributed by atoms with Crippen LogP contribution in [0.25, 0.3) is 0 Å². The van der Waals surface area contributed by atoms with Crippen molar-refractivity contribution in [2.45, 2.75) is 24.4 Å². The monoisotopic (exact) mass is 383 g/mol. The lowest BCUT2D eigenvalue weighted by Crippen LogP contribution is -2.37. The Morgan fingerprint density at radius 2 is 1.62 bits per heavy atom. The molecule has 1 aliphatic carbocycles. The minimum absolute atomic E-state index is 0.0861. The molecule has 0 heterocycles.